The lowest BCUT2D eigenvalue weighted by atomic mass is 9.87. The van der Waals surface area contributed by atoms with Crippen LogP contribution in [0.2, 0.25) is 0 Å². The molecule has 1 aromatic rings. The van der Waals surface area contributed by atoms with Crippen LogP contribution in [0.4, 0.5) is 14.5 Å². The van der Waals surface area contributed by atoms with Crippen molar-refractivity contribution in [1.29, 1.82) is 0 Å². The number of fused-ring (bicyclic) bond motifs is 1. The second-order valence-corrected chi connectivity index (χ2v) is 6.11. The van der Waals surface area contributed by atoms with Crippen LogP contribution >= 0.6 is 0 Å². The van der Waals surface area contributed by atoms with Gasteiger partial charge in [-0.2, -0.15) is 0 Å². The average molecular weight is 323 g/mol. The van der Waals surface area contributed by atoms with Crippen molar-refractivity contribution in [3.05, 3.63) is 29.8 Å². The maximum Gasteiger partial charge on any atom is 0.237 e. The number of halogens is 2. The lowest BCUT2D eigenvalue weighted by Crippen LogP contribution is -2.65. The lowest BCUT2D eigenvalue weighted by Gasteiger charge is -2.40. The molecule has 0 spiro atoms. The second kappa shape index (κ2) is 6.62. The molecule has 1 heterocycles. The van der Waals surface area contributed by atoms with E-state index in [2.05, 4.69) is 16.0 Å². The number of carbonyl (C=O) groups is 2. The van der Waals surface area contributed by atoms with Crippen molar-refractivity contribution in [3.63, 3.8) is 0 Å². The monoisotopic (exact) mass is 323 g/mol. The number of piperazine rings is 1. The van der Waals surface area contributed by atoms with Crippen molar-refractivity contribution in [2.24, 2.45) is 0 Å². The SMILES string of the molecule is O=C(C[C@@H]1N[C@@H]2CCCC[C@H]2NC1=O)Nc1ccc(F)c(F)c1. The summed E-state index contributed by atoms with van der Waals surface area (Å²) in [5.41, 5.74) is 0.167. The van der Waals surface area contributed by atoms with Gasteiger partial charge in [0.05, 0.1) is 12.5 Å². The molecule has 0 unspecified atom stereocenters. The van der Waals surface area contributed by atoms with Gasteiger partial charge in [-0.3, -0.25) is 9.59 Å². The van der Waals surface area contributed by atoms with Crippen LogP contribution in [0.1, 0.15) is 32.1 Å². The minimum Gasteiger partial charge on any atom is -0.350 e. The number of nitrogens with one attached hydrogen (secondary N) is 3. The summed E-state index contributed by atoms with van der Waals surface area (Å²) in [6, 6.07) is 2.88. The third kappa shape index (κ3) is 3.67. The van der Waals surface area contributed by atoms with Crippen molar-refractivity contribution < 1.29 is 18.4 Å². The second-order valence-electron chi connectivity index (χ2n) is 6.11. The van der Waals surface area contributed by atoms with Crippen LogP contribution in [0.25, 0.3) is 0 Å². The Morgan fingerprint density at radius 1 is 1.17 bits per heavy atom. The van der Waals surface area contributed by atoms with Gasteiger partial charge in [-0.1, -0.05) is 12.8 Å². The Kier molecular flexibility index (Phi) is 4.56. The zero-order chi connectivity index (χ0) is 16.4. The Hall–Kier alpha value is -2.02. The summed E-state index contributed by atoms with van der Waals surface area (Å²) in [6.07, 6.45) is 4.10. The van der Waals surface area contributed by atoms with Crippen LogP contribution in [-0.2, 0) is 9.59 Å². The van der Waals surface area contributed by atoms with Crippen LogP contribution in [0.5, 0.6) is 0 Å². The lowest BCUT2D eigenvalue weighted by molar-refractivity contribution is -0.129. The zero-order valence-electron chi connectivity index (χ0n) is 12.6. The Balaban J connectivity index is 1.58. The van der Waals surface area contributed by atoms with E-state index in [9.17, 15) is 18.4 Å². The number of rotatable bonds is 3. The van der Waals surface area contributed by atoms with Crippen molar-refractivity contribution in [1.82, 2.24) is 10.6 Å². The van der Waals surface area contributed by atoms with Gasteiger partial charge < -0.3 is 16.0 Å². The van der Waals surface area contributed by atoms with Crippen LogP contribution < -0.4 is 16.0 Å². The molecule has 2 fully saturated rings. The van der Waals surface area contributed by atoms with Gasteiger partial charge in [0.1, 0.15) is 0 Å². The van der Waals surface area contributed by atoms with E-state index in [1.165, 1.54) is 6.07 Å². The number of hydrogen-bond donors (Lipinski definition) is 3. The van der Waals surface area contributed by atoms with E-state index in [4.69, 9.17) is 0 Å². The molecule has 3 atom stereocenters. The third-order valence-electron chi connectivity index (χ3n) is 4.42. The molecule has 0 aromatic heterocycles. The van der Waals surface area contributed by atoms with Gasteiger partial charge in [0.2, 0.25) is 11.8 Å². The third-order valence-corrected chi connectivity index (χ3v) is 4.42. The molecule has 2 aliphatic rings. The summed E-state index contributed by atoms with van der Waals surface area (Å²) >= 11 is 0. The molecule has 3 N–H and O–H groups in total. The molecule has 5 nitrogen and oxygen atoms in total. The van der Waals surface area contributed by atoms with Gasteiger partial charge in [0.25, 0.3) is 0 Å². The van der Waals surface area contributed by atoms with Crippen molar-refractivity contribution in [2.75, 3.05) is 5.32 Å². The van der Waals surface area contributed by atoms with Gasteiger partial charge in [-0.15, -0.1) is 0 Å². The van der Waals surface area contributed by atoms with Gasteiger partial charge in [0, 0.05) is 23.8 Å². The maximum absolute atomic E-state index is 13.1. The Morgan fingerprint density at radius 2 is 1.91 bits per heavy atom. The molecule has 0 bridgehead atoms. The smallest absolute Gasteiger partial charge is 0.237 e. The molecule has 1 aromatic carbocycles. The van der Waals surface area contributed by atoms with E-state index >= 15 is 0 Å². The summed E-state index contributed by atoms with van der Waals surface area (Å²) in [6.45, 7) is 0. The molecule has 3 rings (SSSR count). The van der Waals surface area contributed by atoms with E-state index in [1.54, 1.807) is 0 Å². The highest BCUT2D eigenvalue weighted by Gasteiger charge is 2.36. The highest BCUT2D eigenvalue weighted by atomic mass is 19.2. The molecule has 0 radical (unpaired) electrons. The van der Waals surface area contributed by atoms with E-state index in [0.29, 0.717) is 0 Å². The first-order chi connectivity index (χ1) is 11.0. The van der Waals surface area contributed by atoms with Crippen LogP contribution in [0.3, 0.4) is 0 Å². The predicted octanol–water partition coefficient (Wildman–Crippen LogP) is 1.69. The average Bonchev–Trinajstić information content (AvgIpc) is 2.51. The predicted molar refractivity (Wildman–Crippen MR) is 80.7 cm³/mol. The quantitative estimate of drug-likeness (QED) is 0.793. The molecule has 1 saturated carbocycles. The van der Waals surface area contributed by atoms with Gasteiger partial charge in [-0.25, -0.2) is 8.78 Å². The van der Waals surface area contributed by atoms with E-state index in [-0.39, 0.29) is 30.1 Å². The number of amides is 2. The Morgan fingerprint density at radius 3 is 2.65 bits per heavy atom. The maximum atomic E-state index is 13.1. The highest BCUT2D eigenvalue weighted by Crippen LogP contribution is 2.22. The summed E-state index contributed by atoms with van der Waals surface area (Å²) in [7, 11) is 0. The number of carbonyl (C=O) groups excluding carboxylic acids is 2. The minimum absolute atomic E-state index is 0.0476. The van der Waals surface area contributed by atoms with Gasteiger partial charge in [-0.05, 0) is 25.0 Å². The fraction of sp³-hybridized carbons (Fsp3) is 0.500. The standard InChI is InChI=1S/C16H19F2N3O2/c17-10-6-5-9(7-11(10)18)19-15(22)8-14-16(23)21-13-4-2-1-3-12(13)20-14/h5-7,12-14,20H,1-4,8H2,(H,19,22)(H,21,23)/t12-,13-,14+/m1/s1. The summed E-state index contributed by atoms with van der Waals surface area (Å²) in [4.78, 5) is 24.1. The summed E-state index contributed by atoms with van der Waals surface area (Å²) < 4.78 is 26.0. The summed E-state index contributed by atoms with van der Waals surface area (Å²) in [5.74, 6) is -2.60. The largest absolute Gasteiger partial charge is 0.350 e. The Labute approximate surface area is 132 Å². The fourth-order valence-corrected chi connectivity index (χ4v) is 3.24. The zero-order valence-corrected chi connectivity index (χ0v) is 12.6. The number of hydrogen-bond acceptors (Lipinski definition) is 3. The van der Waals surface area contributed by atoms with Crippen molar-refractivity contribution in [2.45, 2.75) is 50.2 Å². The van der Waals surface area contributed by atoms with E-state index in [0.717, 1.165) is 37.8 Å². The number of benzene rings is 1. The van der Waals surface area contributed by atoms with Crippen molar-refractivity contribution in [3.8, 4) is 0 Å². The fourth-order valence-electron chi connectivity index (χ4n) is 3.24. The minimum atomic E-state index is -1.03. The topological polar surface area (TPSA) is 70.2 Å². The first kappa shape index (κ1) is 15.9. The van der Waals surface area contributed by atoms with E-state index < -0.39 is 23.6 Å². The van der Waals surface area contributed by atoms with Crippen LogP contribution in [-0.4, -0.2) is 29.9 Å². The first-order valence-electron chi connectivity index (χ1n) is 7.84. The molecule has 1 aliphatic carbocycles. The molecular formula is C16H19F2N3O2. The normalized spacial score (nSPS) is 27.0. The van der Waals surface area contributed by atoms with Gasteiger partial charge >= 0.3 is 0 Å². The highest BCUT2D eigenvalue weighted by molar-refractivity contribution is 5.95. The molecule has 23 heavy (non-hydrogen) atoms. The van der Waals surface area contributed by atoms with Crippen LogP contribution in [0.15, 0.2) is 18.2 Å². The molecule has 1 saturated heterocycles. The van der Waals surface area contributed by atoms with Crippen LogP contribution in [0, 0.1) is 11.6 Å². The van der Waals surface area contributed by atoms with Crippen molar-refractivity contribution >= 4 is 17.5 Å². The molecule has 124 valence electrons. The summed E-state index contributed by atoms with van der Waals surface area (Å²) in [5, 5.41) is 8.68. The molecule has 1 aliphatic heterocycles. The van der Waals surface area contributed by atoms with Gasteiger partial charge in [0.15, 0.2) is 11.6 Å². The number of anilines is 1. The Bertz CT molecular complexity index is 623. The molecule has 7 heteroatoms. The molecule has 2 amide bonds. The first-order valence-corrected chi connectivity index (χ1v) is 7.84. The van der Waals surface area contributed by atoms with E-state index in [1.807, 2.05) is 0 Å². The molecular weight excluding hydrogens is 304 g/mol.